The quantitative estimate of drug-likeness (QED) is 0.595. The number of pyridine rings is 1. The molecule has 1 aliphatic rings. The third kappa shape index (κ3) is 3.42. The first-order valence-corrected chi connectivity index (χ1v) is 9.36. The summed E-state index contributed by atoms with van der Waals surface area (Å²) in [5.41, 5.74) is 3.51. The molecule has 0 unspecified atom stereocenters. The molecule has 2 aromatic heterocycles. The fourth-order valence-electron chi connectivity index (χ4n) is 3.21. The van der Waals surface area contributed by atoms with Crippen LogP contribution >= 0.6 is 15.9 Å². The van der Waals surface area contributed by atoms with Gasteiger partial charge in [-0.15, -0.1) is 0 Å². The van der Waals surface area contributed by atoms with Gasteiger partial charge < -0.3 is 9.30 Å². The van der Waals surface area contributed by atoms with Gasteiger partial charge in [0, 0.05) is 35.0 Å². The van der Waals surface area contributed by atoms with Gasteiger partial charge in [0.25, 0.3) is 0 Å². The predicted octanol–water partition coefficient (Wildman–Crippen LogP) is 3.88. The first-order chi connectivity index (χ1) is 13.2. The summed E-state index contributed by atoms with van der Waals surface area (Å²) in [6.45, 7) is 0. The summed E-state index contributed by atoms with van der Waals surface area (Å²) in [6.07, 6.45) is 6.21. The fraction of sp³-hybridized carbons (Fsp3) is 0.200. The molecule has 0 fully saturated rings. The van der Waals surface area contributed by atoms with Gasteiger partial charge in [0.05, 0.1) is 24.2 Å². The van der Waals surface area contributed by atoms with E-state index in [1.165, 1.54) is 7.11 Å². The number of fused-ring (bicyclic) bond motifs is 3. The first-order valence-electron chi connectivity index (χ1n) is 8.57. The Morgan fingerprint density at radius 1 is 1.22 bits per heavy atom. The number of hydrogen-bond donors (Lipinski definition) is 0. The molecule has 6 nitrogen and oxygen atoms in total. The maximum absolute atomic E-state index is 11.7. The molecule has 0 radical (unpaired) electrons. The molecule has 0 amide bonds. The maximum atomic E-state index is 11.7. The van der Waals surface area contributed by atoms with Crippen LogP contribution in [0.15, 0.2) is 64.5 Å². The van der Waals surface area contributed by atoms with Crippen molar-refractivity contribution < 1.29 is 9.53 Å². The zero-order valence-electron chi connectivity index (χ0n) is 14.7. The van der Waals surface area contributed by atoms with Gasteiger partial charge in [0.15, 0.2) is 0 Å². The molecular formula is C20H17BrN4O2. The number of nitrogens with zero attached hydrogens (tertiary/aromatic N) is 4. The third-order valence-corrected chi connectivity index (χ3v) is 4.98. The lowest BCUT2D eigenvalue weighted by molar-refractivity contribution is -0.140. The highest BCUT2D eigenvalue weighted by atomic mass is 79.9. The number of ether oxygens (including phenoxy) is 1. The molecule has 0 bridgehead atoms. The molecule has 0 saturated carbocycles. The Kier molecular flexibility index (Phi) is 4.85. The van der Waals surface area contributed by atoms with Crippen molar-refractivity contribution in [2.45, 2.75) is 18.9 Å². The number of aliphatic imine (C=N–C) groups is 1. The van der Waals surface area contributed by atoms with E-state index in [1.54, 1.807) is 12.4 Å². The molecule has 0 N–H and O–H groups in total. The predicted molar refractivity (Wildman–Crippen MR) is 105 cm³/mol. The molecule has 0 aliphatic carbocycles. The number of carbonyl (C=O) groups is 1. The number of carbonyl (C=O) groups excluding carboxylic acids is 1. The summed E-state index contributed by atoms with van der Waals surface area (Å²) in [6, 6.07) is 11.5. The van der Waals surface area contributed by atoms with Crippen molar-refractivity contribution >= 4 is 27.6 Å². The van der Waals surface area contributed by atoms with E-state index in [-0.39, 0.29) is 18.4 Å². The summed E-state index contributed by atoms with van der Waals surface area (Å²) in [7, 11) is 1.40. The summed E-state index contributed by atoms with van der Waals surface area (Å²) in [4.78, 5) is 25.7. The van der Waals surface area contributed by atoms with Gasteiger partial charge in [-0.1, -0.05) is 22.0 Å². The SMILES string of the molecule is COC(=O)CC[C@@H]1N=C(c2ccccn2)c2cc(Br)ccc2-n2ccnc21. The molecule has 4 rings (SSSR count). The molecular weight excluding hydrogens is 408 g/mol. The van der Waals surface area contributed by atoms with Crippen LogP contribution < -0.4 is 0 Å². The lowest BCUT2D eigenvalue weighted by Crippen LogP contribution is -2.09. The number of esters is 1. The zero-order chi connectivity index (χ0) is 18.8. The number of benzene rings is 1. The van der Waals surface area contributed by atoms with E-state index in [2.05, 4.69) is 25.9 Å². The molecule has 3 heterocycles. The van der Waals surface area contributed by atoms with Crippen LogP contribution in [0.3, 0.4) is 0 Å². The van der Waals surface area contributed by atoms with Crippen molar-refractivity contribution in [3.8, 4) is 5.69 Å². The highest BCUT2D eigenvalue weighted by molar-refractivity contribution is 9.10. The van der Waals surface area contributed by atoms with E-state index in [4.69, 9.17) is 9.73 Å². The lowest BCUT2D eigenvalue weighted by atomic mass is 10.0. The molecule has 3 aromatic rings. The molecule has 1 aliphatic heterocycles. The van der Waals surface area contributed by atoms with Crippen molar-refractivity contribution in [3.05, 3.63) is 76.5 Å². The number of aromatic nitrogens is 3. The second-order valence-corrected chi connectivity index (χ2v) is 7.06. The second kappa shape index (κ2) is 7.44. The van der Waals surface area contributed by atoms with Gasteiger partial charge in [-0.05, 0) is 36.8 Å². The van der Waals surface area contributed by atoms with Crippen LogP contribution in [0.1, 0.15) is 36.0 Å². The standard InChI is InChI=1S/C20H17BrN4O2/c1-27-18(26)8-6-16-20-23-10-11-25(20)17-7-5-13(21)12-14(17)19(24-16)15-4-2-3-9-22-15/h2-5,7,9-12,16H,6,8H2,1H3/t16-/m0/s1. The van der Waals surface area contributed by atoms with E-state index < -0.39 is 0 Å². The minimum absolute atomic E-state index is 0.257. The minimum atomic E-state index is -0.276. The van der Waals surface area contributed by atoms with E-state index >= 15 is 0 Å². The van der Waals surface area contributed by atoms with Crippen molar-refractivity contribution in [1.29, 1.82) is 0 Å². The number of halogens is 1. The molecule has 1 aromatic carbocycles. The molecule has 7 heteroatoms. The molecule has 1 atom stereocenters. The van der Waals surface area contributed by atoms with Crippen LogP contribution in [-0.2, 0) is 9.53 Å². The van der Waals surface area contributed by atoms with Gasteiger partial charge in [0.1, 0.15) is 11.9 Å². The Morgan fingerprint density at radius 3 is 2.89 bits per heavy atom. The normalized spacial score (nSPS) is 15.3. The Bertz CT molecular complexity index is 1010. The van der Waals surface area contributed by atoms with Crippen molar-refractivity contribution in [2.75, 3.05) is 7.11 Å². The molecule has 0 spiro atoms. The smallest absolute Gasteiger partial charge is 0.305 e. The van der Waals surface area contributed by atoms with Crippen molar-refractivity contribution in [1.82, 2.24) is 14.5 Å². The Balaban J connectivity index is 1.89. The van der Waals surface area contributed by atoms with Crippen LogP contribution in [0, 0.1) is 0 Å². The topological polar surface area (TPSA) is 69.4 Å². The number of imidazole rings is 1. The van der Waals surface area contributed by atoms with Crippen LogP contribution in [-0.4, -0.2) is 33.3 Å². The van der Waals surface area contributed by atoms with E-state index in [0.29, 0.717) is 6.42 Å². The number of hydrogen-bond acceptors (Lipinski definition) is 5. The zero-order valence-corrected chi connectivity index (χ0v) is 16.3. The summed E-state index contributed by atoms with van der Waals surface area (Å²) in [5, 5.41) is 0. The molecule has 136 valence electrons. The van der Waals surface area contributed by atoms with Gasteiger partial charge in [0.2, 0.25) is 0 Å². The minimum Gasteiger partial charge on any atom is -0.469 e. The van der Waals surface area contributed by atoms with Gasteiger partial charge in [-0.25, -0.2) is 4.98 Å². The average molecular weight is 425 g/mol. The monoisotopic (exact) mass is 424 g/mol. The summed E-state index contributed by atoms with van der Waals surface area (Å²) >= 11 is 3.56. The van der Waals surface area contributed by atoms with Crippen molar-refractivity contribution in [2.24, 2.45) is 4.99 Å². The van der Waals surface area contributed by atoms with Crippen LogP contribution in [0.5, 0.6) is 0 Å². The van der Waals surface area contributed by atoms with Crippen LogP contribution in [0.25, 0.3) is 5.69 Å². The van der Waals surface area contributed by atoms with Gasteiger partial charge >= 0.3 is 5.97 Å². The third-order valence-electron chi connectivity index (χ3n) is 4.48. The van der Waals surface area contributed by atoms with Gasteiger partial charge in [-0.2, -0.15) is 0 Å². The van der Waals surface area contributed by atoms with E-state index in [1.807, 2.05) is 47.2 Å². The molecule has 27 heavy (non-hydrogen) atoms. The van der Waals surface area contributed by atoms with Crippen molar-refractivity contribution in [3.63, 3.8) is 0 Å². The highest BCUT2D eigenvalue weighted by Gasteiger charge is 2.26. The average Bonchev–Trinajstić information content (AvgIpc) is 3.13. The highest BCUT2D eigenvalue weighted by Crippen LogP contribution is 2.33. The Hall–Kier alpha value is -2.80. The number of rotatable bonds is 4. The summed E-state index contributed by atoms with van der Waals surface area (Å²) < 4.78 is 7.79. The Morgan fingerprint density at radius 2 is 2.11 bits per heavy atom. The van der Waals surface area contributed by atoms with E-state index in [9.17, 15) is 4.79 Å². The second-order valence-electron chi connectivity index (χ2n) is 6.14. The number of methoxy groups -OCH3 is 1. The lowest BCUT2D eigenvalue weighted by Gasteiger charge is -2.12. The Labute approximate surface area is 165 Å². The van der Waals surface area contributed by atoms with E-state index in [0.717, 1.165) is 33.0 Å². The fourth-order valence-corrected chi connectivity index (χ4v) is 3.57. The maximum Gasteiger partial charge on any atom is 0.305 e. The largest absolute Gasteiger partial charge is 0.469 e. The summed E-state index contributed by atoms with van der Waals surface area (Å²) in [5.74, 6) is 0.542. The molecule has 0 saturated heterocycles. The van der Waals surface area contributed by atoms with Gasteiger partial charge in [-0.3, -0.25) is 14.8 Å². The van der Waals surface area contributed by atoms with Crippen LogP contribution in [0.4, 0.5) is 0 Å². The first kappa shape index (κ1) is 17.6. The van der Waals surface area contributed by atoms with Crippen LogP contribution in [0.2, 0.25) is 0 Å².